The van der Waals surface area contributed by atoms with Crippen molar-refractivity contribution < 1.29 is 17.9 Å². The molecule has 0 spiro atoms. The average Bonchev–Trinajstić information content (AvgIpc) is 3.03. The number of aromatic nitrogens is 2. The number of nitrogens with zero attached hydrogens (tertiary/aromatic N) is 3. The molecule has 0 saturated carbocycles. The molecule has 5 nitrogen and oxygen atoms in total. The van der Waals surface area contributed by atoms with Gasteiger partial charge in [-0.1, -0.05) is 6.92 Å². The molecule has 2 N–H and O–H groups in total. The summed E-state index contributed by atoms with van der Waals surface area (Å²) in [6, 6.07) is 5.00. The molecule has 2 atom stereocenters. The van der Waals surface area contributed by atoms with Crippen LogP contribution < -0.4 is 5.73 Å². The normalized spacial score (nSPS) is 24.8. The van der Waals surface area contributed by atoms with Crippen LogP contribution in [0.1, 0.15) is 32.4 Å². The Morgan fingerprint density at radius 2 is 1.96 bits per heavy atom. The third-order valence-electron chi connectivity index (χ3n) is 5.17. The molecule has 2 aromatic rings. The van der Waals surface area contributed by atoms with E-state index in [2.05, 4.69) is 10.1 Å². The minimum atomic E-state index is -3.25. The summed E-state index contributed by atoms with van der Waals surface area (Å²) in [5.74, 6) is -5.13. The topological polar surface area (TPSA) is 65.4 Å². The monoisotopic (exact) mass is 380 g/mol. The van der Waals surface area contributed by atoms with Crippen LogP contribution in [0, 0.1) is 11.7 Å². The molecule has 0 amide bonds. The number of amidine groups is 1. The van der Waals surface area contributed by atoms with Crippen molar-refractivity contribution in [2.24, 2.45) is 23.7 Å². The lowest BCUT2D eigenvalue weighted by Gasteiger charge is -2.41. The summed E-state index contributed by atoms with van der Waals surface area (Å²) in [7, 11) is 1.75. The van der Waals surface area contributed by atoms with E-state index in [4.69, 9.17) is 10.5 Å². The molecule has 3 rings (SSSR count). The van der Waals surface area contributed by atoms with Crippen LogP contribution in [0.3, 0.4) is 0 Å². The number of aliphatic imine (C=N–C) groups is 1. The van der Waals surface area contributed by atoms with Crippen LogP contribution in [0.4, 0.5) is 13.2 Å². The Morgan fingerprint density at radius 3 is 2.59 bits per heavy atom. The van der Waals surface area contributed by atoms with Gasteiger partial charge < -0.3 is 10.5 Å². The fourth-order valence-corrected chi connectivity index (χ4v) is 3.35. The summed E-state index contributed by atoms with van der Waals surface area (Å²) < 4.78 is 51.7. The number of ether oxygens (including phenoxy) is 1. The van der Waals surface area contributed by atoms with E-state index < -0.39 is 29.3 Å². The SMILES string of the molecule is CC1C(c2cc(-c3ccnn3C)ccc2F)N=C(N)COC(C)(C)C1(F)F. The van der Waals surface area contributed by atoms with E-state index in [-0.39, 0.29) is 18.0 Å². The molecule has 0 saturated heterocycles. The molecule has 8 heteroatoms. The highest BCUT2D eigenvalue weighted by Gasteiger charge is 2.55. The zero-order valence-electron chi connectivity index (χ0n) is 15.7. The fraction of sp³-hybridized carbons (Fsp3) is 0.474. The van der Waals surface area contributed by atoms with Gasteiger partial charge in [0, 0.05) is 30.3 Å². The standard InChI is InChI=1S/C19H23F3N4O/c1-11-17(25-16(23)10-27-18(2,3)19(11,21)22)13-9-12(5-6-14(13)20)15-7-8-24-26(15)4/h5-9,11,17H,10H2,1-4H3,(H2,23,25). The Morgan fingerprint density at radius 1 is 1.26 bits per heavy atom. The third-order valence-corrected chi connectivity index (χ3v) is 5.17. The van der Waals surface area contributed by atoms with Crippen molar-refractivity contribution >= 4 is 5.84 Å². The van der Waals surface area contributed by atoms with Gasteiger partial charge in [0.2, 0.25) is 0 Å². The predicted octanol–water partition coefficient (Wildman–Crippen LogP) is 3.70. The molecular weight excluding hydrogens is 357 g/mol. The van der Waals surface area contributed by atoms with Crippen LogP contribution in [0.2, 0.25) is 0 Å². The maximum atomic E-state index is 15.1. The summed E-state index contributed by atoms with van der Waals surface area (Å²) in [6.45, 7) is 3.71. The van der Waals surface area contributed by atoms with Crippen molar-refractivity contribution in [2.75, 3.05) is 6.61 Å². The van der Waals surface area contributed by atoms with Gasteiger partial charge in [0.05, 0.1) is 11.7 Å². The zero-order valence-corrected chi connectivity index (χ0v) is 15.7. The Labute approximate surface area is 156 Å². The van der Waals surface area contributed by atoms with Crippen LogP contribution in [0.5, 0.6) is 0 Å². The van der Waals surface area contributed by atoms with Crippen molar-refractivity contribution in [1.82, 2.24) is 9.78 Å². The second-order valence-corrected chi connectivity index (χ2v) is 7.35. The highest BCUT2D eigenvalue weighted by Crippen LogP contribution is 2.46. The van der Waals surface area contributed by atoms with E-state index in [1.165, 1.54) is 32.9 Å². The highest BCUT2D eigenvalue weighted by molar-refractivity contribution is 5.82. The number of halogens is 3. The molecule has 0 aliphatic carbocycles. The Bertz CT molecular complexity index is 876. The summed E-state index contributed by atoms with van der Waals surface area (Å²) >= 11 is 0. The van der Waals surface area contributed by atoms with E-state index in [0.29, 0.717) is 5.56 Å². The lowest BCUT2D eigenvalue weighted by molar-refractivity contribution is -0.215. The molecule has 2 heterocycles. The lowest BCUT2D eigenvalue weighted by Crippen LogP contribution is -2.53. The first kappa shape index (κ1) is 19.4. The molecular formula is C19H23F3N4O. The van der Waals surface area contributed by atoms with E-state index in [1.54, 1.807) is 30.1 Å². The number of hydrogen-bond donors (Lipinski definition) is 1. The quantitative estimate of drug-likeness (QED) is 0.864. The van der Waals surface area contributed by atoms with E-state index in [9.17, 15) is 4.39 Å². The number of nitrogens with two attached hydrogens (primary N) is 1. The first-order valence-corrected chi connectivity index (χ1v) is 8.66. The Balaban J connectivity index is 2.14. The first-order valence-electron chi connectivity index (χ1n) is 8.66. The highest BCUT2D eigenvalue weighted by atomic mass is 19.3. The van der Waals surface area contributed by atoms with E-state index in [0.717, 1.165) is 5.69 Å². The molecule has 0 radical (unpaired) electrons. The molecule has 1 aromatic heterocycles. The number of benzene rings is 1. The van der Waals surface area contributed by atoms with Crippen LogP contribution in [-0.4, -0.2) is 33.7 Å². The van der Waals surface area contributed by atoms with Crippen molar-refractivity contribution in [3.05, 3.63) is 41.8 Å². The Hall–Kier alpha value is -2.35. The largest absolute Gasteiger partial charge is 0.386 e. The summed E-state index contributed by atoms with van der Waals surface area (Å²) in [6.07, 6.45) is 1.61. The van der Waals surface area contributed by atoms with Gasteiger partial charge in [-0.25, -0.2) is 13.2 Å². The maximum Gasteiger partial charge on any atom is 0.280 e. The first-order chi connectivity index (χ1) is 12.5. The van der Waals surface area contributed by atoms with Crippen LogP contribution in [0.15, 0.2) is 35.5 Å². The minimum Gasteiger partial charge on any atom is -0.386 e. The van der Waals surface area contributed by atoms with Gasteiger partial charge >= 0.3 is 0 Å². The summed E-state index contributed by atoms with van der Waals surface area (Å²) in [5.41, 5.74) is 5.56. The van der Waals surface area contributed by atoms with Crippen molar-refractivity contribution in [3.63, 3.8) is 0 Å². The van der Waals surface area contributed by atoms with Crippen LogP contribution in [-0.2, 0) is 11.8 Å². The second kappa shape index (κ2) is 6.67. The van der Waals surface area contributed by atoms with Crippen LogP contribution in [0.25, 0.3) is 11.3 Å². The van der Waals surface area contributed by atoms with E-state index >= 15 is 8.78 Å². The molecule has 2 unspecified atom stereocenters. The molecule has 146 valence electrons. The molecule has 1 aliphatic rings. The van der Waals surface area contributed by atoms with Crippen molar-refractivity contribution in [3.8, 4) is 11.3 Å². The lowest BCUT2D eigenvalue weighted by atomic mass is 9.81. The van der Waals surface area contributed by atoms with Crippen molar-refractivity contribution in [2.45, 2.75) is 38.3 Å². The molecule has 1 aliphatic heterocycles. The number of rotatable bonds is 2. The molecule has 0 fully saturated rings. The number of hydrogen-bond acceptors (Lipinski definition) is 4. The smallest absolute Gasteiger partial charge is 0.280 e. The molecule has 1 aromatic carbocycles. The predicted molar refractivity (Wildman–Crippen MR) is 97.1 cm³/mol. The second-order valence-electron chi connectivity index (χ2n) is 7.35. The Kier molecular flexibility index (Phi) is 4.80. The number of aryl methyl sites for hydroxylation is 1. The van der Waals surface area contributed by atoms with Gasteiger partial charge in [-0.3, -0.25) is 9.67 Å². The average molecular weight is 380 g/mol. The van der Waals surface area contributed by atoms with Crippen LogP contribution >= 0.6 is 0 Å². The maximum absolute atomic E-state index is 15.1. The van der Waals surface area contributed by atoms with E-state index in [1.807, 2.05) is 0 Å². The summed E-state index contributed by atoms with van der Waals surface area (Å²) in [5, 5.41) is 4.09. The zero-order chi connectivity index (χ0) is 20.0. The van der Waals surface area contributed by atoms with Gasteiger partial charge in [-0.2, -0.15) is 5.10 Å². The van der Waals surface area contributed by atoms with Gasteiger partial charge in [0.25, 0.3) is 5.92 Å². The fourth-order valence-electron chi connectivity index (χ4n) is 3.35. The molecule has 27 heavy (non-hydrogen) atoms. The van der Waals surface area contributed by atoms with Gasteiger partial charge in [-0.05, 0) is 38.1 Å². The van der Waals surface area contributed by atoms with Gasteiger partial charge in [0.15, 0.2) is 0 Å². The molecule has 0 bridgehead atoms. The number of alkyl halides is 2. The summed E-state index contributed by atoms with van der Waals surface area (Å²) in [4.78, 5) is 4.18. The van der Waals surface area contributed by atoms with Gasteiger partial charge in [0.1, 0.15) is 23.9 Å². The van der Waals surface area contributed by atoms with Crippen molar-refractivity contribution in [1.29, 1.82) is 0 Å². The third kappa shape index (κ3) is 3.34. The minimum absolute atomic E-state index is 0.0563. The van der Waals surface area contributed by atoms with Gasteiger partial charge in [-0.15, -0.1) is 0 Å².